The van der Waals surface area contributed by atoms with Gasteiger partial charge in [0.05, 0.1) is 18.2 Å². The highest BCUT2D eigenvalue weighted by Crippen LogP contribution is 2.27. The molecule has 2 rings (SSSR count). The van der Waals surface area contributed by atoms with Crippen LogP contribution in [0.3, 0.4) is 0 Å². The van der Waals surface area contributed by atoms with E-state index in [2.05, 4.69) is 31.4 Å². The first-order valence-electron chi connectivity index (χ1n) is 6.82. The Bertz CT molecular complexity index is 841. The topological polar surface area (TPSA) is 91.7 Å². The molecule has 0 bridgehead atoms. The van der Waals surface area contributed by atoms with Gasteiger partial charge in [-0.25, -0.2) is 13.8 Å². The largest absolute Gasteiger partial charge is 0.271 e. The molecule has 0 spiro atoms. The van der Waals surface area contributed by atoms with Crippen LogP contribution in [0.25, 0.3) is 0 Å². The summed E-state index contributed by atoms with van der Waals surface area (Å²) >= 11 is 3.29. The average Bonchev–Trinajstić information content (AvgIpc) is 2.53. The van der Waals surface area contributed by atoms with Crippen LogP contribution in [0, 0.1) is 0 Å². The Balaban J connectivity index is 2.09. The Hall–Kier alpha value is -2.26. The van der Waals surface area contributed by atoms with Crippen LogP contribution in [0.4, 0.5) is 5.69 Å². The number of carbonyl (C=O) groups is 1. The second-order valence-corrected chi connectivity index (χ2v) is 7.56. The number of anilines is 1. The second-order valence-electron chi connectivity index (χ2n) is 4.79. The molecule has 0 aliphatic rings. The van der Waals surface area contributed by atoms with Gasteiger partial charge in [-0.2, -0.15) is 5.10 Å². The molecule has 126 valence electrons. The fraction of sp³-hybridized carbons (Fsp3) is 0.133. The summed E-state index contributed by atoms with van der Waals surface area (Å²) in [5.74, 6) is -0.554. The van der Waals surface area contributed by atoms with Crippen LogP contribution in [0.2, 0.25) is 0 Å². The number of nitrogens with one attached hydrogen (secondary N) is 1. The summed E-state index contributed by atoms with van der Waals surface area (Å²) in [5.41, 5.74) is 3.45. The molecule has 0 atom stereocenters. The number of hydrogen-bond donors (Lipinski definition) is 1. The van der Waals surface area contributed by atoms with Crippen LogP contribution in [-0.4, -0.2) is 38.3 Å². The fourth-order valence-corrected chi connectivity index (χ4v) is 3.31. The van der Waals surface area contributed by atoms with Gasteiger partial charge in [0.25, 0.3) is 5.91 Å². The number of sulfonamides is 1. The lowest BCUT2D eigenvalue weighted by Gasteiger charge is -2.22. The van der Waals surface area contributed by atoms with Crippen molar-refractivity contribution in [2.24, 2.45) is 5.10 Å². The first-order chi connectivity index (χ1) is 11.4. The molecule has 0 saturated carbocycles. The molecule has 1 heterocycles. The van der Waals surface area contributed by atoms with E-state index < -0.39 is 15.9 Å². The molecule has 0 saturated heterocycles. The van der Waals surface area contributed by atoms with Gasteiger partial charge in [0, 0.05) is 16.9 Å². The Morgan fingerprint density at radius 1 is 1.29 bits per heavy atom. The second kappa shape index (κ2) is 8.02. The van der Waals surface area contributed by atoms with Crippen molar-refractivity contribution >= 4 is 43.8 Å². The number of amides is 1. The predicted molar refractivity (Wildman–Crippen MR) is 96.3 cm³/mol. The SMILES string of the molecule is CS(=O)(=O)N(CC(=O)NN=Cc1ccncc1)c1ccccc1Br. The van der Waals surface area contributed by atoms with E-state index in [9.17, 15) is 13.2 Å². The summed E-state index contributed by atoms with van der Waals surface area (Å²) < 4.78 is 25.6. The third-order valence-corrected chi connectivity index (χ3v) is 4.71. The van der Waals surface area contributed by atoms with Crippen LogP contribution in [0.1, 0.15) is 5.56 Å². The quantitative estimate of drug-likeness (QED) is 0.579. The molecule has 1 aromatic carbocycles. The lowest BCUT2D eigenvalue weighted by atomic mass is 10.3. The number of pyridine rings is 1. The van der Waals surface area contributed by atoms with E-state index in [1.165, 1.54) is 6.21 Å². The number of benzene rings is 1. The van der Waals surface area contributed by atoms with Crippen LogP contribution in [-0.2, 0) is 14.8 Å². The number of aromatic nitrogens is 1. The van der Waals surface area contributed by atoms with Crippen molar-refractivity contribution in [3.63, 3.8) is 0 Å². The summed E-state index contributed by atoms with van der Waals surface area (Å²) in [6.45, 7) is -0.380. The number of rotatable bonds is 6. The lowest BCUT2D eigenvalue weighted by molar-refractivity contribution is -0.119. The van der Waals surface area contributed by atoms with Crippen LogP contribution < -0.4 is 9.73 Å². The van der Waals surface area contributed by atoms with Crippen LogP contribution in [0.15, 0.2) is 58.4 Å². The smallest absolute Gasteiger partial charge is 0.260 e. The zero-order valence-corrected chi connectivity index (χ0v) is 15.2. The van der Waals surface area contributed by atoms with Crippen molar-refractivity contribution in [3.05, 3.63) is 58.8 Å². The van der Waals surface area contributed by atoms with Crippen molar-refractivity contribution in [1.29, 1.82) is 0 Å². The highest BCUT2D eigenvalue weighted by atomic mass is 79.9. The summed E-state index contributed by atoms with van der Waals surface area (Å²) in [4.78, 5) is 15.9. The highest BCUT2D eigenvalue weighted by molar-refractivity contribution is 9.10. The van der Waals surface area contributed by atoms with E-state index in [0.717, 1.165) is 16.1 Å². The molecule has 1 amide bonds. The van der Waals surface area contributed by atoms with Gasteiger partial charge in [-0.3, -0.25) is 14.1 Å². The van der Waals surface area contributed by atoms with Crippen LogP contribution in [0.5, 0.6) is 0 Å². The number of hydrogen-bond acceptors (Lipinski definition) is 5. The van der Waals surface area contributed by atoms with Gasteiger partial charge in [-0.15, -0.1) is 0 Å². The number of para-hydroxylation sites is 1. The zero-order chi connectivity index (χ0) is 17.6. The van der Waals surface area contributed by atoms with Crippen molar-refractivity contribution in [3.8, 4) is 0 Å². The number of nitrogens with zero attached hydrogens (tertiary/aromatic N) is 3. The van der Waals surface area contributed by atoms with Gasteiger partial charge in [-0.1, -0.05) is 12.1 Å². The molecule has 0 aliphatic carbocycles. The van der Waals surface area contributed by atoms with E-state index in [1.54, 1.807) is 48.8 Å². The van der Waals surface area contributed by atoms with Gasteiger partial charge in [-0.05, 0) is 45.8 Å². The molecule has 1 aromatic heterocycles. The molecule has 2 aromatic rings. The zero-order valence-electron chi connectivity index (χ0n) is 12.8. The van der Waals surface area contributed by atoms with Crippen molar-refractivity contribution in [1.82, 2.24) is 10.4 Å². The van der Waals surface area contributed by atoms with E-state index in [1.807, 2.05) is 0 Å². The maximum absolute atomic E-state index is 12.0. The molecule has 0 aliphatic heterocycles. The minimum atomic E-state index is -3.63. The molecule has 0 fully saturated rings. The Morgan fingerprint density at radius 2 is 1.96 bits per heavy atom. The van der Waals surface area contributed by atoms with Crippen molar-refractivity contribution in [2.45, 2.75) is 0 Å². The monoisotopic (exact) mass is 410 g/mol. The summed E-state index contributed by atoms with van der Waals surface area (Å²) in [7, 11) is -3.63. The molecular formula is C15H15BrN4O3S. The third kappa shape index (κ3) is 5.14. The molecule has 7 nitrogen and oxygen atoms in total. The Morgan fingerprint density at radius 3 is 2.58 bits per heavy atom. The fourth-order valence-electron chi connectivity index (χ4n) is 1.83. The standard InChI is InChI=1S/C15H15BrN4O3S/c1-24(22,23)20(14-5-3-2-4-13(14)16)11-15(21)19-18-10-12-6-8-17-9-7-12/h2-10H,11H2,1H3,(H,19,21). The molecule has 1 N–H and O–H groups in total. The third-order valence-electron chi connectivity index (χ3n) is 2.92. The van der Waals surface area contributed by atoms with Crippen molar-refractivity contribution < 1.29 is 13.2 Å². The summed E-state index contributed by atoms with van der Waals surface area (Å²) in [6, 6.07) is 10.2. The highest BCUT2D eigenvalue weighted by Gasteiger charge is 2.22. The molecule has 0 unspecified atom stereocenters. The first-order valence-corrected chi connectivity index (χ1v) is 9.46. The van der Waals surface area contributed by atoms with Gasteiger partial charge in [0.1, 0.15) is 6.54 Å². The summed E-state index contributed by atoms with van der Waals surface area (Å²) in [5, 5.41) is 3.81. The summed E-state index contributed by atoms with van der Waals surface area (Å²) in [6.07, 6.45) is 5.69. The van der Waals surface area contributed by atoms with Gasteiger partial charge in [0.15, 0.2) is 0 Å². The van der Waals surface area contributed by atoms with Gasteiger partial charge < -0.3 is 0 Å². The Kier molecular flexibility index (Phi) is 6.04. The maximum Gasteiger partial charge on any atom is 0.260 e. The van der Waals surface area contributed by atoms with E-state index in [0.29, 0.717) is 10.2 Å². The number of carbonyl (C=O) groups excluding carboxylic acids is 1. The molecular weight excluding hydrogens is 396 g/mol. The minimum absolute atomic E-state index is 0.380. The maximum atomic E-state index is 12.0. The first kappa shape index (κ1) is 18.1. The Labute approximate surface area is 148 Å². The van der Waals surface area contributed by atoms with E-state index in [-0.39, 0.29) is 6.54 Å². The van der Waals surface area contributed by atoms with E-state index >= 15 is 0 Å². The number of hydrazone groups is 1. The molecule has 24 heavy (non-hydrogen) atoms. The van der Waals surface area contributed by atoms with E-state index in [4.69, 9.17) is 0 Å². The van der Waals surface area contributed by atoms with Gasteiger partial charge in [0.2, 0.25) is 10.0 Å². The van der Waals surface area contributed by atoms with Crippen molar-refractivity contribution in [2.75, 3.05) is 17.1 Å². The molecule has 0 radical (unpaired) electrons. The average molecular weight is 411 g/mol. The number of halogens is 1. The molecule has 9 heteroatoms. The minimum Gasteiger partial charge on any atom is -0.271 e. The lowest BCUT2D eigenvalue weighted by Crippen LogP contribution is -2.39. The van der Waals surface area contributed by atoms with Gasteiger partial charge >= 0.3 is 0 Å². The predicted octanol–water partition coefficient (Wildman–Crippen LogP) is 1.76. The van der Waals surface area contributed by atoms with Crippen LogP contribution >= 0.6 is 15.9 Å². The normalized spacial score (nSPS) is 11.4.